The van der Waals surface area contributed by atoms with Gasteiger partial charge in [0, 0.05) is 34.7 Å². The fraction of sp³-hybridized carbons (Fsp3) is 0.476. The van der Waals surface area contributed by atoms with Gasteiger partial charge in [-0.1, -0.05) is 12.1 Å². The summed E-state index contributed by atoms with van der Waals surface area (Å²) in [5.74, 6) is 0.182. The van der Waals surface area contributed by atoms with E-state index in [2.05, 4.69) is 76.1 Å². The molecule has 0 spiro atoms. The Hall–Kier alpha value is -2.03. The molecule has 0 unspecified atom stereocenters. The molecule has 130 valence electrons. The number of likely N-dealkylation sites (N-methyl/N-ethyl adjacent to an activating group) is 1. The molecule has 0 radical (unpaired) electrons. The van der Waals surface area contributed by atoms with Gasteiger partial charge in [-0.15, -0.1) is 0 Å². The van der Waals surface area contributed by atoms with E-state index in [1.807, 2.05) is 12.1 Å². The summed E-state index contributed by atoms with van der Waals surface area (Å²) in [6, 6.07) is 10.4. The Labute approximate surface area is 146 Å². The molecule has 0 amide bonds. The van der Waals surface area contributed by atoms with Gasteiger partial charge in [0.15, 0.2) is 5.78 Å². The average Bonchev–Trinajstić information content (AvgIpc) is 2.79. The molecular formula is C21H30N2O. The lowest BCUT2D eigenvalue weighted by atomic mass is 10.1. The van der Waals surface area contributed by atoms with Crippen LogP contribution in [0.25, 0.3) is 0 Å². The highest BCUT2D eigenvalue weighted by molar-refractivity contribution is 6.00. The van der Waals surface area contributed by atoms with Gasteiger partial charge in [0.1, 0.15) is 0 Å². The van der Waals surface area contributed by atoms with Crippen molar-refractivity contribution in [1.29, 1.82) is 0 Å². The van der Waals surface area contributed by atoms with Crippen molar-refractivity contribution in [2.75, 3.05) is 18.0 Å². The van der Waals surface area contributed by atoms with Gasteiger partial charge in [-0.2, -0.15) is 0 Å². The maximum absolute atomic E-state index is 12.9. The molecular weight excluding hydrogens is 296 g/mol. The van der Waals surface area contributed by atoms with Crippen molar-refractivity contribution in [2.45, 2.75) is 54.0 Å². The smallest absolute Gasteiger partial charge is 0.183 e. The molecule has 1 aromatic carbocycles. The van der Waals surface area contributed by atoms with Crippen LogP contribution in [0.2, 0.25) is 0 Å². The molecule has 2 rings (SSSR count). The molecule has 24 heavy (non-hydrogen) atoms. The third kappa shape index (κ3) is 3.72. The van der Waals surface area contributed by atoms with E-state index in [1.165, 1.54) is 5.56 Å². The number of carbonyl (C=O) groups is 1. The van der Waals surface area contributed by atoms with Gasteiger partial charge in [-0.05, 0) is 72.2 Å². The highest BCUT2D eigenvalue weighted by Crippen LogP contribution is 2.25. The van der Waals surface area contributed by atoms with Crippen LogP contribution in [0.3, 0.4) is 0 Å². The number of carbonyl (C=O) groups excluding carboxylic acids is 1. The molecule has 0 bridgehead atoms. The van der Waals surface area contributed by atoms with E-state index in [1.54, 1.807) is 0 Å². The predicted molar refractivity (Wildman–Crippen MR) is 102 cm³/mol. The first-order valence-electron chi connectivity index (χ1n) is 8.69. The lowest BCUT2D eigenvalue weighted by molar-refractivity contribution is 0.0998. The molecule has 0 aliphatic carbocycles. The monoisotopic (exact) mass is 326 g/mol. The van der Waals surface area contributed by atoms with Crippen molar-refractivity contribution in [3.8, 4) is 0 Å². The molecule has 1 aromatic heterocycles. The Kier molecular flexibility index (Phi) is 5.22. The number of aryl methyl sites for hydroxylation is 2. The van der Waals surface area contributed by atoms with Crippen LogP contribution in [-0.4, -0.2) is 23.4 Å². The van der Waals surface area contributed by atoms with Gasteiger partial charge in [0.05, 0.1) is 6.54 Å². The molecule has 0 atom stereocenters. The number of ketones is 1. The number of nitrogens with zero attached hydrogens (tertiary/aromatic N) is 2. The van der Waals surface area contributed by atoms with Gasteiger partial charge in [-0.25, -0.2) is 0 Å². The number of aromatic nitrogens is 1. The molecule has 2 aromatic rings. The second-order valence-electron chi connectivity index (χ2n) is 7.57. The van der Waals surface area contributed by atoms with Gasteiger partial charge >= 0.3 is 0 Å². The Balaban J connectivity index is 2.29. The Bertz CT molecular complexity index is 735. The SMILES string of the molecule is CCN(CC(=O)c1cc(C)n(C(C)(C)C)c1C)c1cccc(C)c1. The lowest BCUT2D eigenvalue weighted by Gasteiger charge is -2.26. The standard InChI is InChI=1S/C21H30N2O/c1-8-22(18-11-9-10-15(2)12-18)14-20(24)19-13-16(3)23(17(19)4)21(5,6)7/h9-13H,8,14H2,1-7H3. The zero-order chi connectivity index (χ0) is 18.1. The number of benzene rings is 1. The van der Waals surface area contributed by atoms with Crippen LogP contribution in [-0.2, 0) is 5.54 Å². The maximum atomic E-state index is 12.9. The summed E-state index contributed by atoms with van der Waals surface area (Å²) in [5, 5.41) is 0. The summed E-state index contributed by atoms with van der Waals surface area (Å²) in [4.78, 5) is 15.1. The summed E-state index contributed by atoms with van der Waals surface area (Å²) in [6.07, 6.45) is 0. The van der Waals surface area contributed by atoms with Gasteiger partial charge in [-0.3, -0.25) is 4.79 Å². The van der Waals surface area contributed by atoms with Crippen LogP contribution in [0.15, 0.2) is 30.3 Å². The first-order chi connectivity index (χ1) is 11.1. The fourth-order valence-corrected chi connectivity index (χ4v) is 3.55. The third-order valence-electron chi connectivity index (χ3n) is 4.49. The normalized spacial score (nSPS) is 11.6. The van der Waals surface area contributed by atoms with Gasteiger partial charge < -0.3 is 9.47 Å². The molecule has 3 heteroatoms. The number of rotatable bonds is 5. The quantitative estimate of drug-likeness (QED) is 0.732. The van der Waals surface area contributed by atoms with Crippen molar-refractivity contribution < 1.29 is 4.79 Å². The van der Waals surface area contributed by atoms with Crippen LogP contribution >= 0.6 is 0 Å². The number of anilines is 1. The van der Waals surface area contributed by atoms with E-state index >= 15 is 0 Å². The minimum absolute atomic E-state index is 0.0202. The van der Waals surface area contributed by atoms with Crippen LogP contribution in [0.5, 0.6) is 0 Å². The van der Waals surface area contributed by atoms with Crippen LogP contribution in [0, 0.1) is 20.8 Å². The van der Waals surface area contributed by atoms with Crippen LogP contribution in [0.4, 0.5) is 5.69 Å². The topological polar surface area (TPSA) is 25.2 Å². The van der Waals surface area contributed by atoms with Crippen molar-refractivity contribution in [2.24, 2.45) is 0 Å². The van der Waals surface area contributed by atoms with E-state index < -0.39 is 0 Å². The Morgan fingerprint density at radius 1 is 1.12 bits per heavy atom. The Morgan fingerprint density at radius 3 is 2.29 bits per heavy atom. The molecule has 0 fully saturated rings. The van der Waals surface area contributed by atoms with E-state index in [9.17, 15) is 4.79 Å². The number of hydrogen-bond donors (Lipinski definition) is 0. The minimum Gasteiger partial charge on any atom is -0.364 e. The van der Waals surface area contributed by atoms with Crippen LogP contribution < -0.4 is 4.90 Å². The van der Waals surface area contributed by atoms with Gasteiger partial charge in [0.2, 0.25) is 0 Å². The molecule has 3 nitrogen and oxygen atoms in total. The van der Waals surface area contributed by atoms with Crippen molar-refractivity contribution >= 4 is 11.5 Å². The highest BCUT2D eigenvalue weighted by atomic mass is 16.1. The molecule has 1 heterocycles. The fourth-order valence-electron chi connectivity index (χ4n) is 3.55. The number of hydrogen-bond acceptors (Lipinski definition) is 2. The summed E-state index contributed by atoms with van der Waals surface area (Å²) >= 11 is 0. The van der Waals surface area contributed by atoms with E-state index in [0.29, 0.717) is 6.54 Å². The minimum atomic E-state index is -0.0202. The summed E-state index contributed by atoms with van der Waals surface area (Å²) in [5.41, 5.74) is 5.34. The van der Waals surface area contributed by atoms with Gasteiger partial charge in [0.25, 0.3) is 0 Å². The van der Waals surface area contributed by atoms with Crippen molar-refractivity contribution in [3.05, 3.63) is 52.8 Å². The van der Waals surface area contributed by atoms with E-state index in [4.69, 9.17) is 0 Å². The molecule has 0 aliphatic rings. The molecule has 0 saturated heterocycles. The lowest BCUT2D eigenvalue weighted by Crippen LogP contribution is -2.30. The van der Waals surface area contributed by atoms with Crippen molar-refractivity contribution in [3.63, 3.8) is 0 Å². The van der Waals surface area contributed by atoms with Crippen molar-refractivity contribution in [1.82, 2.24) is 4.57 Å². The van der Waals surface area contributed by atoms with Crippen LogP contribution in [0.1, 0.15) is 55.0 Å². The summed E-state index contributed by atoms with van der Waals surface area (Å²) in [6.45, 7) is 16.0. The molecule has 0 N–H and O–H groups in total. The molecule has 0 aliphatic heterocycles. The van der Waals surface area contributed by atoms with E-state index in [0.717, 1.165) is 29.2 Å². The Morgan fingerprint density at radius 2 is 1.79 bits per heavy atom. The predicted octanol–water partition coefficient (Wildman–Crippen LogP) is 4.88. The third-order valence-corrected chi connectivity index (χ3v) is 4.49. The molecule has 0 saturated carbocycles. The average molecular weight is 326 g/mol. The highest BCUT2D eigenvalue weighted by Gasteiger charge is 2.23. The first kappa shape index (κ1) is 18.3. The largest absolute Gasteiger partial charge is 0.364 e. The summed E-state index contributed by atoms with van der Waals surface area (Å²) < 4.78 is 2.25. The number of Topliss-reactive ketones (excluding diaryl/α,β-unsaturated/α-hetero) is 1. The second kappa shape index (κ2) is 6.84. The zero-order valence-electron chi connectivity index (χ0n) is 16.1. The maximum Gasteiger partial charge on any atom is 0.183 e. The zero-order valence-corrected chi connectivity index (χ0v) is 16.1. The summed E-state index contributed by atoms with van der Waals surface area (Å²) in [7, 11) is 0. The second-order valence-corrected chi connectivity index (χ2v) is 7.57. The first-order valence-corrected chi connectivity index (χ1v) is 8.69. The van der Waals surface area contributed by atoms with E-state index in [-0.39, 0.29) is 11.3 Å².